The smallest absolute Gasteiger partial charge is 0.216 e. The maximum Gasteiger partial charge on any atom is 0.216 e. The van der Waals surface area contributed by atoms with Gasteiger partial charge in [0.05, 0.1) is 11.7 Å². The summed E-state index contributed by atoms with van der Waals surface area (Å²) in [5.41, 5.74) is 6.51. The Morgan fingerprint density at radius 3 is 3.06 bits per heavy atom. The van der Waals surface area contributed by atoms with Crippen LogP contribution < -0.4 is 11.1 Å². The first-order chi connectivity index (χ1) is 8.19. The van der Waals surface area contributed by atoms with Crippen LogP contribution in [0.3, 0.4) is 0 Å². The molecule has 0 aromatic carbocycles. The van der Waals surface area contributed by atoms with Gasteiger partial charge in [0.15, 0.2) is 0 Å². The minimum absolute atomic E-state index is 0.0119. The van der Waals surface area contributed by atoms with Crippen molar-refractivity contribution >= 4 is 5.91 Å². The first-order valence-electron chi connectivity index (χ1n) is 6.04. The van der Waals surface area contributed by atoms with E-state index in [4.69, 9.17) is 5.73 Å². The summed E-state index contributed by atoms with van der Waals surface area (Å²) >= 11 is 0. The average Bonchev–Trinajstić information content (AvgIpc) is 2.64. The molecule has 6 heteroatoms. The number of carbonyl (C=O) groups is 1. The quantitative estimate of drug-likeness (QED) is 0.746. The molecule has 0 aliphatic heterocycles. The Bertz CT molecular complexity index is 383. The molecule has 0 saturated heterocycles. The highest BCUT2D eigenvalue weighted by Gasteiger charge is 2.30. The Labute approximate surface area is 101 Å². The molecule has 0 spiro atoms. The van der Waals surface area contributed by atoms with Gasteiger partial charge in [-0.05, 0) is 25.3 Å². The van der Waals surface area contributed by atoms with E-state index in [1.54, 1.807) is 0 Å². The molecule has 1 aromatic heterocycles. The van der Waals surface area contributed by atoms with Crippen LogP contribution in [0.25, 0.3) is 0 Å². The van der Waals surface area contributed by atoms with Gasteiger partial charge in [-0.2, -0.15) is 0 Å². The van der Waals surface area contributed by atoms with Gasteiger partial charge in [0, 0.05) is 26.1 Å². The van der Waals surface area contributed by atoms with Gasteiger partial charge >= 0.3 is 0 Å². The van der Waals surface area contributed by atoms with Crippen molar-refractivity contribution in [1.29, 1.82) is 0 Å². The molecular formula is C11H19N5O. The van der Waals surface area contributed by atoms with Crippen molar-refractivity contribution in [3.8, 4) is 0 Å². The summed E-state index contributed by atoms with van der Waals surface area (Å²) in [5.74, 6) is 0.634. The van der Waals surface area contributed by atoms with Crippen LogP contribution >= 0.6 is 0 Å². The Kier molecular flexibility index (Phi) is 3.73. The van der Waals surface area contributed by atoms with Gasteiger partial charge in [0.25, 0.3) is 0 Å². The molecule has 0 unspecified atom stereocenters. The number of nitrogens with two attached hydrogens (primary N) is 1. The predicted octanol–water partition coefficient (Wildman–Crippen LogP) is -0.133. The number of hydrogen-bond acceptors (Lipinski definition) is 4. The lowest BCUT2D eigenvalue weighted by Crippen LogP contribution is -2.32. The van der Waals surface area contributed by atoms with Crippen molar-refractivity contribution in [1.82, 2.24) is 20.3 Å². The fourth-order valence-electron chi connectivity index (χ4n) is 2.08. The third-order valence-electron chi connectivity index (χ3n) is 3.23. The van der Waals surface area contributed by atoms with E-state index in [1.165, 1.54) is 6.92 Å². The second kappa shape index (κ2) is 5.27. The molecule has 0 atom stereocenters. The van der Waals surface area contributed by atoms with Crippen molar-refractivity contribution in [2.75, 3.05) is 13.1 Å². The van der Waals surface area contributed by atoms with Crippen LogP contribution in [-0.4, -0.2) is 34.0 Å². The van der Waals surface area contributed by atoms with Gasteiger partial charge in [-0.1, -0.05) is 5.21 Å². The summed E-state index contributed by atoms with van der Waals surface area (Å²) in [7, 11) is 0. The van der Waals surface area contributed by atoms with Gasteiger partial charge in [-0.15, -0.1) is 5.10 Å². The molecule has 17 heavy (non-hydrogen) atoms. The van der Waals surface area contributed by atoms with Crippen LogP contribution in [0.1, 0.15) is 31.5 Å². The Hall–Kier alpha value is -1.43. The highest BCUT2D eigenvalue weighted by molar-refractivity contribution is 5.72. The second-order valence-electron chi connectivity index (χ2n) is 4.65. The number of carbonyl (C=O) groups excluding carboxylic acids is 1. The van der Waals surface area contributed by atoms with Crippen LogP contribution in [0.4, 0.5) is 0 Å². The SMILES string of the molecule is CC(=O)NCCc1cn(C2CC(CN)C2)nn1. The van der Waals surface area contributed by atoms with Gasteiger partial charge in [-0.3, -0.25) is 4.79 Å². The Morgan fingerprint density at radius 2 is 2.41 bits per heavy atom. The zero-order valence-electron chi connectivity index (χ0n) is 10.1. The van der Waals surface area contributed by atoms with E-state index in [0.29, 0.717) is 18.5 Å². The first-order valence-corrected chi connectivity index (χ1v) is 6.04. The topological polar surface area (TPSA) is 85.8 Å². The molecule has 1 fully saturated rings. The summed E-state index contributed by atoms with van der Waals surface area (Å²) in [4.78, 5) is 10.7. The largest absolute Gasteiger partial charge is 0.356 e. The number of amides is 1. The lowest BCUT2D eigenvalue weighted by Gasteiger charge is -2.33. The van der Waals surface area contributed by atoms with Crippen molar-refractivity contribution in [3.05, 3.63) is 11.9 Å². The molecule has 3 N–H and O–H groups in total. The van der Waals surface area contributed by atoms with Crippen LogP contribution in [0, 0.1) is 5.92 Å². The monoisotopic (exact) mass is 237 g/mol. The molecular weight excluding hydrogens is 218 g/mol. The minimum atomic E-state index is -0.0119. The molecule has 94 valence electrons. The molecule has 2 rings (SSSR count). The minimum Gasteiger partial charge on any atom is -0.356 e. The maximum atomic E-state index is 10.7. The zero-order chi connectivity index (χ0) is 12.3. The second-order valence-corrected chi connectivity index (χ2v) is 4.65. The summed E-state index contributed by atoms with van der Waals surface area (Å²) in [6, 6.07) is 0.463. The van der Waals surface area contributed by atoms with Gasteiger partial charge in [0.2, 0.25) is 5.91 Å². The predicted molar refractivity (Wildman–Crippen MR) is 63.2 cm³/mol. The van der Waals surface area contributed by atoms with Crippen molar-refractivity contribution in [3.63, 3.8) is 0 Å². The van der Waals surface area contributed by atoms with Crippen molar-refractivity contribution in [2.24, 2.45) is 11.7 Å². The molecule has 0 bridgehead atoms. The maximum absolute atomic E-state index is 10.7. The number of rotatable bonds is 5. The highest BCUT2D eigenvalue weighted by Crippen LogP contribution is 2.36. The summed E-state index contributed by atoms with van der Waals surface area (Å²) in [6.45, 7) is 2.89. The number of nitrogens with one attached hydrogen (secondary N) is 1. The highest BCUT2D eigenvalue weighted by atomic mass is 16.1. The van der Waals surface area contributed by atoms with Crippen LogP contribution in [-0.2, 0) is 11.2 Å². The first kappa shape index (κ1) is 12.0. The fraction of sp³-hybridized carbons (Fsp3) is 0.727. The van der Waals surface area contributed by atoms with Gasteiger partial charge in [-0.25, -0.2) is 4.68 Å². The number of hydrogen-bond donors (Lipinski definition) is 2. The van der Waals surface area contributed by atoms with Crippen LogP contribution in [0.15, 0.2) is 6.20 Å². The molecule has 1 amide bonds. The van der Waals surface area contributed by atoms with Gasteiger partial charge in [0.1, 0.15) is 0 Å². The lowest BCUT2D eigenvalue weighted by molar-refractivity contribution is -0.118. The molecule has 1 aliphatic carbocycles. The molecule has 1 aliphatic rings. The molecule has 0 radical (unpaired) electrons. The molecule has 1 aromatic rings. The fourth-order valence-corrected chi connectivity index (χ4v) is 2.08. The van der Waals surface area contributed by atoms with Crippen LogP contribution in [0.5, 0.6) is 0 Å². The molecule has 1 heterocycles. The normalized spacial score (nSPS) is 23.2. The molecule has 1 saturated carbocycles. The van der Waals surface area contributed by atoms with E-state index in [-0.39, 0.29) is 5.91 Å². The van der Waals surface area contributed by atoms with E-state index in [1.807, 2.05) is 10.9 Å². The zero-order valence-corrected chi connectivity index (χ0v) is 10.1. The summed E-state index contributed by atoms with van der Waals surface area (Å²) < 4.78 is 1.93. The summed E-state index contributed by atoms with van der Waals surface area (Å²) in [5, 5.41) is 11.0. The third kappa shape index (κ3) is 3.03. The standard InChI is InChI=1S/C11H19N5O/c1-8(17)13-3-2-10-7-16(15-14-10)11-4-9(5-11)6-12/h7,9,11H,2-6,12H2,1H3,(H,13,17). The van der Waals surface area contributed by atoms with Gasteiger partial charge < -0.3 is 11.1 Å². The number of aromatic nitrogens is 3. The van der Waals surface area contributed by atoms with E-state index in [9.17, 15) is 4.79 Å². The Morgan fingerprint density at radius 1 is 1.65 bits per heavy atom. The van der Waals surface area contributed by atoms with Crippen molar-refractivity contribution in [2.45, 2.75) is 32.2 Å². The number of nitrogens with zero attached hydrogens (tertiary/aromatic N) is 3. The van der Waals surface area contributed by atoms with E-state index >= 15 is 0 Å². The summed E-state index contributed by atoms with van der Waals surface area (Å²) in [6.07, 6.45) is 4.90. The lowest BCUT2D eigenvalue weighted by atomic mass is 9.80. The molecule has 6 nitrogen and oxygen atoms in total. The van der Waals surface area contributed by atoms with E-state index in [2.05, 4.69) is 15.6 Å². The van der Waals surface area contributed by atoms with E-state index < -0.39 is 0 Å². The van der Waals surface area contributed by atoms with Crippen LogP contribution in [0.2, 0.25) is 0 Å². The average molecular weight is 237 g/mol. The Balaban J connectivity index is 1.78. The third-order valence-corrected chi connectivity index (χ3v) is 3.23. The van der Waals surface area contributed by atoms with E-state index in [0.717, 1.165) is 31.5 Å². The van der Waals surface area contributed by atoms with Crippen molar-refractivity contribution < 1.29 is 4.79 Å².